The summed E-state index contributed by atoms with van der Waals surface area (Å²) in [5.41, 5.74) is 0.722. The molecular weight excluding hydrogens is 260 g/mol. The van der Waals surface area contributed by atoms with Gasteiger partial charge >= 0.3 is 0 Å². The van der Waals surface area contributed by atoms with Gasteiger partial charge in [0.1, 0.15) is 6.29 Å². The molecule has 3 heteroatoms. The third-order valence-electron chi connectivity index (χ3n) is 4.86. The predicted octanol–water partition coefficient (Wildman–Crippen LogP) is 3.29. The highest BCUT2D eigenvalue weighted by atomic mass is 16.1. The van der Waals surface area contributed by atoms with Crippen LogP contribution < -0.4 is 0 Å². The summed E-state index contributed by atoms with van der Waals surface area (Å²) in [7, 11) is 2.26. The zero-order valence-electron chi connectivity index (χ0n) is 14.9. The van der Waals surface area contributed by atoms with E-state index < -0.39 is 0 Å². The summed E-state index contributed by atoms with van der Waals surface area (Å²) in [5, 5.41) is 0. The summed E-state index contributed by atoms with van der Waals surface area (Å²) in [6.45, 7) is 15.0. The van der Waals surface area contributed by atoms with Crippen LogP contribution >= 0.6 is 0 Å². The lowest BCUT2D eigenvalue weighted by Gasteiger charge is -2.46. The molecule has 0 unspecified atom stereocenters. The minimum atomic E-state index is 0.204. The molecule has 0 aromatic rings. The maximum Gasteiger partial charge on any atom is 0.122 e. The maximum absolute atomic E-state index is 9.50. The molecule has 0 radical (unpaired) electrons. The van der Waals surface area contributed by atoms with Gasteiger partial charge in [-0.1, -0.05) is 27.7 Å². The minimum absolute atomic E-state index is 0.204. The summed E-state index contributed by atoms with van der Waals surface area (Å²) in [6.07, 6.45) is 6.71. The van der Waals surface area contributed by atoms with Crippen molar-refractivity contribution in [3.8, 4) is 0 Å². The van der Waals surface area contributed by atoms with E-state index >= 15 is 0 Å². The molecule has 0 atom stereocenters. The molecule has 0 amide bonds. The fourth-order valence-electron chi connectivity index (χ4n) is 3.32. The standard InChI is InChI=1S/C14H28N2.C4H8O/c1-13(2)12-16-10-6-14(7-11-16)4-8-15(3)9-5-14;1-4(2)3-5/h13H,4-12H2,1-3H3;3-4H,1-2H3. The first-order valence-electron chi connectivity index (χ1n) is 8.73. The van der Waals surface area contributed by atoms with Crippen LogP contribution in [0.15, 0.2) is 0 Å². The Balaban J connectivity index is 0.000000383. The minimum Gasteiger partial charge on any atom is -0.306 e. The van der Waals surface area contributed by atoms with E-state index in [1.165, 1.54) is 58.4 Å². The van der Waals surface area contributed by atoms with E-state index in [2.05, 4.69) is 30.7 Å². The van der Waals surface area contributed by atoms with Gasteiger partial charge in [0.2, 0.25) is 0 Å². The highest BCUT2D eigenvalue weighted by Gasteiger charge is 2.36. The fourth-order valence-corrected chi connectivity index (χ4v) is 3.32. The Morgan fingerprint density at radius 2 is 1.38 bits per heavy atom. The van der Waals surface area contributed by atoms with Crippen molar-refractivity contribution in [2.45, 2.75) is 53.4 Å². The van der Waals surface area contributed by atoms with Crippen molar-refractivity contribution in [1.29, 1.82) is 0 Å². The van der Waals surface area contributed by atoms with Crippen LogP contribution in [0.4, 0.5) is 0 Å². The van der Waals surface area contributed by atoms with Crippen molar-refractivity contribution >= 4 is 6.29 Å². The number of hydrogen-bond acceptors (Lipinski definition) is 3. The SMILES string of the molecule is CC(C)C=O.CC(C)CN1CCC2(CCN(C)CC2)CC1. The summed E-state index contributed by atoms with van der Waals surface area (Å²) < 4.78 is 0. The zero-order valence-corrected chi connectivity index (χ0v) is 14.9. The second kappa shape index (κ2) is 8.89. The van der Waals surface area contributed by atoms with Gasteiger partial charge in [-0.05, 0) is 70.2 Å². The van der Waals surface area contributed by atoms with Crippen LogP contribution in [0.2, 0.25) is 0 Å². The van der Waals surface area contributed by atoms with Crippen LogP contribution in [-0.4, -0.2) is 55.9 Å². The third-order valence-corrected chi connectivity index (χ3v) is 4.86. The third kappa shape index (κ3) is 6.92. The first-order chi connectivity index (χ1) is 9.87. The predicted molar refractivity (Wildman–Crippen MR) is 90.6 cm³/mol. The zero-order chi connectivity index (χ0) is 15.9. The van der Waals surface area contributed by atoms with E-state index in [1.807, 2.05) is 13.8 Å². The van der Waals surface area contributed by atoms with Crippen LogP contribution in [0.25, 0.3) is 0 Å². The van der Waals surface area contributed by atoms with Crippen LogP contribution in [0, 0.1) is 17.3 Å². The number of nitrogens with zero attached hydrogens (tertiary/aromatic N) is 2. The second-order valence-electron chi connectivity index (χ2n) is 7.88. The summed E-state index contributed by atoms with van der Waals surface area (Å²) >= 11 is 0. The Kier molecular flexibility index (Phi) is 7.89. The van der Waals surface area contributed by atoms with Crippen LogP contribution in [0.5, 0.6) is 0 Å². The molecule has 2 aliphatic rings. The van der Waals surface area contributed by atoms with Crippen LogP contribution in [0.3, 0.4) is 0 Å². The number of aldehydes is 1. The Labute approximate surface area is 132 Å². The molecule has 3 nitrogen and oxygen atoms in total. The molecule has 2 saturated heterocycles. The van der Waals surface area contributed by atoms with Gasteiger partial charge in [-0.3, -0.25) is 0 Å². The number of likely N-dealkylation sites (tertiary alicyclic amines) is 2. The largest absolute Gasteiger partial charge is 0.306 e. The van der Waals surface area contributed by atoms with E-state index in [-0.39, 0.29) is 5.92 Å². The average Bonchev–Trinajstić information content (AvgIpc) is 2.45. The molecule has 0 bridgehead atoms. The Bertz CT molecular complexity index is 284. The highest BCUT2D eigenvalue weighted by Crippen LogP contribution is 2.40. The van der Waals surface area contributed by atoms with Crippen molar-refractivity contribution in [3.63, 3.8) is 0 Å². The molecule has 21 heavy (non-hydrogen) atoms. The maximum atomic E-state index is 9.50. The van der Waals surface area contributed by atoms with Crippen molar-refractivity contribution in [2.24, 2.45) is 17.3 Å². The van der Waals surface area contributed by atoms with E-state index in [9.17, 15) is 4.79 Å². The van der Waals surface area contributed by atoms with Gasteiger partial charge in [-0.25, -0.2) is 0 Å². The Morgan fingerprint density at radius 1 is 0.952 bits per heavy atom. The molecular formula is C18H36N2O. The highest BCUT2D eigenvalue weighted by molar-refractivity contribution is 5.51. The van der Waals surface area contributed by atoms with Gasteiger partial charge in [0.05, 0.1) is 0 Å². The Hall–Kier alpha value is -0.410. The second-order valence-corrected chi connectivity index (χ2v) is 7.88. The molecule has 0 saturated carbocycles. The number of rotatable bonds is 3. The Morgan fingerprint density at radius 3 is 1.76 bits per heavy atom. The summed E-state index contributed by atoms with van der Waals surface area (Å²) in [6, 6.07) is 0. The first-order valence-corrected chi connectivity index (χ1v) is 8.73. The first kappa shape index (κ1) is 18.6. The van der Waals surface area contributed by atoms with Crippen molar-refractivity contribution in [3.05, 3.63) is 0 Å². The van der Waals surface area contributed by atoms with Gasteiger partial charge in [-0.2, -0.15) is 0 Å². The van der Waals surface area contributed by atoms with Crippen molar-refractivity contribution < 1.29 is 4.79 Å². The van der Waals surface area contributed by atoms with Crippen molar-refractivity contribution in [1.82, 2.24) is 9.80 Å². The summed E-state index contributed by atoms with van der Waals surface area (Å²) in [4.78, 5) is 14.7. The quantitative estimate of drug-likeness (QED) is 0.747. The van der Waals surface area contributed by atoms with Crippen molar-refractivity contribution in [2.75, 3.05) is 39.8 Å². The average molecular weight is 296 g/mol. The normalized spacial score (nSPS) is 23.2. The van der Waals surface area contributed by atoms with Gasteiger partial charge in [0, 0.05) is 12.5 Å². The number of carbonyl (C=O) groups excluding carboxylic acids is 1. The van der Waals surface area contributed by atoms with E-state index in [1.54, 1.807) is 0 Å². The molecule has 124 valence electrons. The molecule has 2 rings (SSSR count). The lowest BCUT2D eigenvalue weighted by atomic mass is 9.71. The van der Waals surface area contributed by atoms with E-state index in [0.717, 1.165) is 17.6 Å². The van der Waals surface area contributed by atoms with E-state index in [0.29, 0.717) is 0 Å². The van der Waals surface area contributed by atoms with Gasteiger partial charge < -0.3 is 14.6 Å². The molecule has 1 spiro atoms. The lowest BCUT2D eigenvalue weighted by Crippen LogP contribution is -2.46. The van der Waals surface area contributed by atoms with E-state index in [4.69, 9.17) is 0 Å². The molecule has 2 fully saturated rings. The number of hydrogen-bond donors (Lipinski definition) is 0. The topological polar surface area (TPSA) is 23.6 Å². The molecule has 2 aliphatic heterocycles. The lowest BCUT2D eigenvalue weighted by molar-refractivity contribution is -0.110. The molecule has 0 aromatic carbocycles. The molecule has 0 aromatic heterocycles. The smallest absolute Gasteiger partial charge is 0.122 e. The van der Waals surface area contributed by atoms with Crippen LogP contribution in [0.1, 0.15) is 53.4 Å². The number of carbonyl (C=O) groups is 1. The molecule has 2 heterocycles. The molecule has 0 N–H and O–H groups in total. The fraction of sp³-hybridized carbons (Fsp3) is 0.944. The monoisotopic (exact) mass is 296 g/mol. The summed E-state index contributed by atoms with van der Waals surface area (Å²) in [5.74, 6) is 1.03. The van der Waals surface area contributed by atoms with Crippen LogP contribution in [-0.2, 0) is 4.79 Å². The van der Waals surface area contributed by atoms with Gasteiger partial charge in [0.25, 0.3) is 0 Å². The van der Waals surface area contributed by atoms with Gasteiger partial charge in [0.15, 0.2) is 0 Å². The molecule has 0 aliphatic carbocycles. The van der Waals surface area contributed by atoms with Gasteiger partial charge in [-0.15, -0.1) is 0 Å². The number of piperidine rings is 2.